The van der Waals surface area contributed by atoms with Crippen LogP contribution in [0.15, 0.2) is 23.8 Å². The van der Waals surface area contributed by atoms with Crippen molar-refractivity contribution in [2.24, 2.45) is 28.6 Å². The first-order valence-electron chi connectivity index (χ1n) is 12.1. The number of hydrogen-bond acceptors (Lipinski definition) is 9. The van der Waals surface area contributed by atoms with Crippen molar-refractivity contribution in [1.82, 2.24) is 0 Å². The number of fused-ring (bicyclic) bond motifs is 5. The molecule has 0 bridgehead atoms. The molecular weight excluding hydrogens is 479 g/mol. The van der Waals surface area contributed by atoms with E-state index in [1.807, 2.05) is 13.0 Å². The fraction of sp³-hybridized carbons (Fsp3) is 0.692. The van der Waals surface area contributed by atoms with Gasteiger partial charge in [0.05, 0.1) is 19.6 Å². The van der Waals surface area contributed by atoms with E-state index in [1.54, 1.807) is 12.2 Å². The molecule has 0 aromatic heterocycles. The van der Waals surface area contributed by atoms with Gasteiger partial charge in [-0.1, -0.05) is 25.5 Å². The van der Waals surface area contributed by atoms with Crippen LogP contribution < -0.4 is 34.7 Å². The van der Waals surface area contributed by atoms with Gasteiger partial charge in [-0.05, 0) is 62.5 Å². The molecule has 0 saturated heterocycles. The maximum atomic E-state index is 12.4. The number of allylic oxidation sites excluding steroid dienone is 4. The third-order valence-electron chi connectivity index (χ3n) is 9.01. The number of ketones is 2. The number of hydrogen-bond donors (Lipinski definition) is 3. The summed E-state index contributed by atoms with van der Waals surface area (Å²) in [6.07, 6.45) is 7.30. The van der Waals surface area contributed by atoms with Gasteiger partial charge < -0.3 is 30.0 Å². The number of carboxylic acids is 1. The van der Waals surface area contributed by atoms with Gasteiger partial charge >= 0.3 is 35.5 Å². The summed E-state index contributed by atoms with van der Waals surface area (Å²) in [5.74, 6) is -1.99. The minimum absolute atomic E-state index is 0. The van der Waals surface area contributed by atoms with Crippen molar-refractivity contribution >= 4 is 23.5 Å². The molecule has 0 spiro atoms. The van der Waals surface area contributed by atoms with E-state index in [-0.39, 0.29) is 71.4 Å². The van der Waals surface area contributed by atoms with Crippen LogP contribution in [0.25, 0.3) is 0 Å². The van der Waals surface area contributed by atoms with Crippen molar-refractivity contribution < 1.29 is 73.9 Å². The van der Waals surface area contributed by atoms with Crippen molar-refractivity contribution in [1.29, 1.82) is 0 Å². The second-order valence-electron chi connectivity index (χ2n) is 10.6. The number of Topliss-reactive ketones (excluding diaryl/α,β-unsaturated/α-hetero) is 1. The van der Waals surface area contributed by atoms with Crippen LogP contribution >= 0.6 is 0 Å². The van der Waals surface area contributed by atoms with E-state index in [2.05, 4.69) is 11.7 Å². The quantitative estimate of drug-likeness (QED) is 0.261. The van der Waals surface area contributed by atoms with E-state index >= 15 is 0 Å². The molecular formula is C26H35NaO9. The second kappa shape index (κ2) is 11.6. The molecule has 10 heteroatoms. The van der Waals surface area contributed by atoms with Crippen LogP contribution in [0.3, 0.4) is 0 Å². The fourth-order valence-electron chi connectivity index (χ4n) is 7.23. The summed E-state index contributed by atoms with van der Waals surface area (Å²) in [7, 11) is 1.21. The van der Waals surface area contributed by atoms with Gasteiger partial charge in [0.2, 0.25) is 0 Å². The molecule has 0 aliphatic heterocycles. The summed E-state index contributed by atoms with van der Waals surface area (Å²) in [6.45, 7) is 3.34. The third kappa shape index (κ3) is 5.28. The maximum Gasteiger partial charge on any atom is 1.00 e. The van der Waals surface area contributed by atoms with E-state index in [4.69, 9.17) is 0 Å². The van der Waals surface area contributed by atoms with Crippen LogP contribution in [-0.2, 0) is 23.9 Å². The van der Waals surface area contributed by atoms with Crippen LogP contribution in [0.4, 0.5) is 0 Å². The monoisotopic (exact) mass is 514 g/mol. The van der Waals surface area contributed by atoms with E-state index in [0.717, 1.165) is 24.8 Å². The molecule has 4 aliphatic carbocycles. The Morgan fingerprint density at radius 3 is 2.44 bits per heavy atom. The van der Waals surface area contributed by atoms with Gasteiger partial charge in [0.25, 0.3) is 0 Å². The Hall–Kier alpha value is -1.36. The first-order valence-corrected chi connectivity index (χ1v) is 12.1. The molecule has 194 valence electrons. The largest absolute Gasteiger partial charge is 1.00 e. The number of carbonyl (C=O) groups is 4. The molecule has 4 rings (SSSR count). The number of ether oxygens (including phenoxy) is 1. The first-order chi connectivity index (χ1) is 16.3. The van der Waals surface area contributed by atoms with Crippen molar-refractivity contribution in [3.63, 3.8) is 0 Å². The Morgan fingerprint density at radius 2 is 1.86 bits per heavy atom. The van der Waals surface area contributed by atoms with Crippen LogP contribution in [0.5, 0.6) is 0 Å². The summed E-state index contributed by atoms with van der Waals surface area (Å²) < 4.78 is 4.17. The molecule has 9 nitrogen and oxygen atoms in total. The van der Waals surface area contributed by atoms with Crippen molar-refractivity contribution in [3.05, 3.63) is 23.8 Å². The smallest absolute Gasteiger partial charge is 0.550 e. The summed E-state index contributed by atoms with van der Waals surface area (Å²) in [4.78, 5) is 44.1. The molecule has 0 heterocycles. The van der Waals surface area contributed by atoms with E-state index in [0.29, 0.717) is 12.8 Å². The van der Waals surface area contributed by atoms with E-state index < -0.39 is 41.4 Å². The van der Waals surface area contributed by atoms with Gasteiger partial charge in [0.1, 0.15) is 12.2 Å². The molecule has 0 aromatic carbocycles. The van der Waals surface area contributed by atoms with Crippen LogP contribution in [0.2, 0.25) is 0 Å². The maximum absolute atomic E-state index is 12.4. The number of rotatable bonds is 5. The number of carbonyl (C=O) groups excluding carboxylic acids is 4. The zero-order valence-corrected chi connectivity index (χ0v) is 23.5. The third-order valence-corrected chi connectivity index (χ3v) is 9.01. The van der Waals surface area contributed by atoms with Crippen LogP contribution in [0, 0.1) is 28.6 Å². The number of esters is 1. The normalized spacial score (nSPS) is 38.2. The Bertz CT molecular complexity index is 959. The number of methoxy groups -OCH3 is 1. The average Bonchev–Trinajstić information content (AvgIpc) is 3.08. The average molecular weight is 515 g/mol. The van der Waals surface area contributed by atoms with Gasteiger partial charge in [0, 0.05) is 22.7 Å². The van der Waals surface area contributed by atoms with Crippen molar-refractivity contribution in [2.45, 2.75) is 70.5 Å². The van der Waals surface area contributed by atoms with Crippen molar-refractivity contribution in [2.75, 3.05) is 13.7 Å². The summed E-state index contributed by atoms with van der Waals surface area (Å²) >= 11 is 0. The molecule has 3 fully saturated rings. The first kappa shape index (κ1) is 30.9. The molecule has 7 atom stereocenters. The molecule has 0 amide bonds. The van der Waals surface area contributed by atoms with Crippen LogP contribution in [-0.4, -0.2) is 64.2 Å². The number of carboxylic acid groups (broad SMARTS) is 1. The molecule has 0 aromatic rings. The second-order valence-corrected chi connectivity index (χ2v) is 10.6. The number of aliphatic hydroxyl groups is 3. The van der Waals surface area contributed by atoms with Crippen LogP contribution in [0.1, 0.15) is 58.8 Å². The van der Waals surface area contributed by atoms with Gasteiger partial charge in [-0.15, -0.1) is 0 Å². The van der Waals surface area contributed by atoms with Gasteiger partial charge in [-0.2, -0.15) is 0 Å². The summed E-state index contributed by atoms with van der Waals surface area (Å²) in [5.41, 5.74) is -1.54. The zero-order valence-electron chi connectivity index (χ0n) is 21.5. The Labute approximate surface area is 233 Å². The Morgan fingerprint density at radius 1 is 1.19 bits per heavy atom. The Kier molecular flexibility index (Phi) is 9.92. The minimum Gasteiger partial charge on any atom is -0.550 e. The molecule has 4 aliphatic rings. The SMILES string of the molecule is COC(=O)CCC(=O)[O-].C[C@]12C=CC(=O)C=C1CCC1C2C(O)C[C@@]2(C)C1CC[C@]2(O)C(=O)CO.[Na+]. The fourth-order valence-corrected chi connectivity index (χ4v) is 7.23. The van der Waals surface area contributed by atoms with Gasteiger partial charge in [-0.25, -0.2) is 0 Å². The molecule has 3 N–H and O–H groups in total. The standard InChI is InChI=1S/C21H28O5.C5H8O4.Na/c1-19-7-5-13(23)9-12(19)3-4-14-15-6-8-21(26,17(25)11-22)20(15,2)10-16(24)18(14)19;1-9-5(8)3-2-4(6)7;/h5,7,9,14-16,18,22,24,26H,3-4,6,8,10-11H2,1-2H3;2-3H2,1H3,(H,6,7);/q;;+1/p-1/t14?,15?,16?,18?,19-,20-,21-;;/m0../s1. The molecule has 0 radical (unpaired) electrons. The number of aliphatic carboxylic acids is 1. The summed E-state index contributed by atoms with van der Waals surface area (Å²) in [5, 5.41) is 41.4. The Balaban J connectivity index is 0.000000394. The topological polar surface area (TPSA) is 161 Å². The van der Waals surface area contributed by atoms with Gasteiger partial charge in [-0.3, -0.25) is 14.4 Å². The van der Waals surface area contributed by atoms with E-state index in [9.17, 15) is 39.6 Å². The van der Waals surface area contributed by atoms with Crippen molar-refractivity contribution in [3.8, 4) is 0 Å². The molecule has 36 heavy (non-hydrogen) atoms. The summed E-state index contributed by atoms with van der Waals surface area (Å²) in [6, 6.07) is 0. The molecule has 4 unspecified atom stereocenters. The predicted octanol–water partition coefficient (Wildman–Crippen LogP) is -2.75. The minimum atomic E-state index is -1.56. The molecule has 3 saturated carbocycles. The number of aliphatic hydroxyl groups excluding tert-OH is 2. The predicted molar refractivity (Wildman–Crippen MR) is 121 cm³/mol. The zero-order chi connectivity index (χ0) is 26.2. The van der Waals surface area contributed by atoms with Gasteiger partial charge in [0.15, 0.2) is 11.6 Å². The van der Waals surface area contributed by atoms with E-state index in [1.165, 1.54) is 7.11 Å².